The molecule has 0 aliphatic heterocycles. The standard InChI is InChI=1S/C23H18Cl2FN3O3/c1-11(18-16(24)7-8-17(26)19(18)25)32-21-20-14(9-29-22(21)27)15(10-31-20)12-3-5-13(6-4-12)23(30)28-2/h3-11H,1-2H3,(H2,27,29)(H,28,30)/t11-/m1/s1. The number of fused-ring (bicyclic) bond motifs is 1. The van der Waals surface area contributed by atoms with Crippen LogP contribution < -0.4 is 15.8 Å². The third-order valence-corrected chi connectivity index (χ3v) is 5.78. The van der Waals surface area contributed by atoms with E-state index in [2.05, 4.69) is 10.3 Å². The fourth-order valence-corrected chi connectivity index (χ4v) is 4.09. The number of nitrogens with two attached hydrogens (primary N) is 1. The fraction of sp³-hybridized carbons (Fsp3) is 0.130. The zero-order valence-electron chi connectivity index (χ0n) is 17.1. The molecule has 0 aliphatic rings. The number of ether oxygens (including phenoxy) is 1. The summed E-state index contributed by atoms with van der Waals surface area (Å²) in [6.45, 7) is 1.67. The minimum atomic E-state index is -0.735. The van der Waals surface area contributed by atoms with Crippen molar-refractivity contribution in [1.29, 1.82) is 0 Å². The molecule has 6 nitrogen and oxygen atoms in total. The first-order valence-electron chi connectivity index (χ1n) is 9.60. The van der Waals surface area contributed by atoms with Gasteiger partial charge in [0, 0.05) is 35.0 Å². The van der Waals surface area contributed by atoms with Crippen LogP contribution in [-0.2, 0) is 0 Å². The number of rotatable bonds is 5. The average Bonchev–Trinajstić information content (AvgIpc) is 3.22. The molecule has 4 rings (SSSR count). The maximum Gasteiger partial charge on any atom is 0.251 e. The number of pyridine rings is 1. The Kier molecular flexibility index (Phi) is 5.95. The van der Waals surface area contributed by atoms with Crippen molar-refractivity contribution < 1.29 is 18.3 Å². The lowest BCUT2D eigenvalue weighted by Gasteiger charge is -2.18. The summed E-state index contributed by atoms with van der Waals surface area (Å²) in [5.74, 6) is -0.489. The second kappa shape index (κ2) is 8.68. The predicted octanol–water partition coefficient (Wildman–Crippen LogP) is 6.02. The third-order valence-electron chi connectivity index (χ3n) is 5.07. The number of anilines is 1. The van der Waals surface area contributed by atoms with Gasteiger partial charge in [-0.1, -0.05) is 35.3 Å². The number of hydrogen-bond donors (Lipinski definition) is 2. The topological polar surface area (TPSA) is 90.4 Å². The quantitative estimate of drug-likeness (QED) is 0.345. The van der Waals surface area contributed by atoms with Gasteiger partial charge in [-0.2, -0.15) is 0 Å². The molecule has 0 spiro atoms. The first-order chi connectivity index (χ1) is 15.3. The first-order valence-corrected chi connectivity index (χ1v) is 10.4. The van der Waals surface area contributed by atoms with Gasteiger partial charge in [-0.3, -0.25) is 4.79 Å². The molecule has 3 N–H and O–H groups in total. The summed E-state index contributed by atoms with van der Waals surface area (Å²) in [6, 6.07) is 9.64. The summed E-state index contributed by atoms with van der Waals surface area (Å²) in [6.07, 6.45) is 2.40. The van der Waals surface area contributed by atoms with E-state index in [9.17, 15) is 9.18 Å². The molecule has 0 aliphatic carbocycles. The molecule has 164 valence electrons. The molecular weight excluding hydrogens is 456 g/mol. The minimum absolute atomic E-state index is 0.101. The number of halogens is 3. The number of amides is 1. The van der Waals surface area contributed by atoms with E-state index < -0.39 is 11.9 Å². The Morgan fingerprint density at radius 1 is 1.22 bits per heavy atom. The predicted molar refractivity (Wildman–Crippen MR) is 123 cm³/mol. The van der Waals surface area contributed by atoms with Gasteiger partial charge in [0.15, 0.2) is 11.4 Å². The van der Waals surface area contributed by atoms with E-state index in [0.29, 0.717) is 22.1 Å². The van der Waals surface area contributed by atoms with Crippen molar-refractivity contribution in [2.24, 2.45) is 0 Å². The van der Waals surface area contributed by atoms with Crippen LogP contribution in [0.3, 0.4) is 0 Å². The summed E-state index contributed by atoms with van der Waals surface area (Å²) < 4.78 is 25.7. The largest absolute Gasteiger partial charge is 0.478 e. The average molecular weight is 474 g/mol. The fourth-order valence-electron chi connectivity index (χ4n) is 3.41. The smallest absolute Gasteiger partial charge is 0.251 e. The van der Waals surface area contributed by atoms with Gasteiger partial charge in [-0.25, -0.2) is 9.37 Å². The van der Waals surface area contributed by atoms with Gasteiger partial charge in [0.05, 0.1) is 16.7 Å². The third kappa shape index (κ3) is 3.85. The van der Waals surface area contributed by atoms with Gasteiger partial charge < -0.3 is 20.2 Å². The first kappa shape index (κ1) is 21.9. The number of carbonyl (C=O) groups excluding carboxylic acids is 1. The van der Waals surface area contributed by atoms with Crippen LogP contribution in [0.1, 0.15) is 28.9 Å². The van der Waals surface area contributed by atoms with Crippen molar-refractivity contribution in [2.75, 3.05) is 12.8 Å². The Balaban J connectivity index is 1.73. The van der Waals surface area contributed by atoms with Crippen LogP contribution in [-0.4, -0.2) is 17.9 Å². The van der Waals surface area contributed by atoms with E-state index in [1.807, 2.05) is 0 Å². The molecule has 2 aromatic carbocycles. The Morgan fingerprint density at radius 3 is 2.62 bits per heavy atom. The number of nitrogens with zero attached hydrogens (tertiary/aromatic N) is 1. The molecule has 9 heteroatoms. The van der Waals surface area contributed by atoms with Crippen molar-refractivity contribution in [3.05, 3.63) is 75.8 Å². The molecular formula is C23H18Cl2FN3O3. The second-order valence-electron chi connectivity index (χ2n) is 7.04. The Hall–Kier alpha value is -3.29. The number of carbonyl (C=O) groups is 1. The molecule has 32 heavy (non-hydrogen) atoms. The lowest BCUT2D eigenvalue weighted by Crippen LogP contribution is -2.17. The Morgan fingerprint density at radius 2 is 1.94 bits per heavy atom. The molecule has 1 amide bonds. The van der Waals surface area contributed by atoms with Crippen LogP contribution in [0.15, 0.2) is 53.3 Å². The molecule has 0 radical (unpaired) electrons. The molecule has 2 aromatic heterocycles. The van der Waals surface area contributed by atoms with E-state index in [4.69, 9.17) is 38.1 Å². The summed E-state index contributed by atoms with van der Waals surface area (Å²) in [4.78, 5) is 16.0. The lowest BCUT2D eigenvalue weighted by atomic mass is 10.0. The summed E-state index contributed by atoms with van der Waals surface area (Å²) in [7, 11) is 1.57. The summed E-state index contributed by atoms with van der Waals surface area (Å²) in [5.41, 5.74) is 8.82. The summed E-state index contributed by atoms with van der Waals surface area (Å²) >= 11 is 12.3. The maximum atomic E-state index is 14.0. The molecule has 0 saturated heterocycles. The Labute approximate surface area is 193 Å². The van der Waals surface area contributed by atoms with E-state index >= 15 is 0 Å². The van der Waals surface area contributed by atoms with E-state index in [1.165, 1.54) is 12.1 Å². The van der Waals surface area contributed by atoms with Crippen molar-refractivity contribution in [1.82, 2.24) is 10.3 Å². The maximum absolute atomic E-state index is 14.0. The normalized spacial score (nSPS) is 12.0. The number of nitrogen functional groups attached to an aromatic ring is 1. The highest BCUT2D eigenvalue weighted by Gasteiger charge is 2.23. The molecule has 2 heterocycles. The summed E-state index contributed by atoms with van der Waals surface area (Å²) in [5, 5.41) is 3.38. The van der Waals surface area contributed by atoms with Gasteiger partial charge in [0.1, 0.15) is 11.9 Å². The van der Waals surface area contributed by atoms with Crippen LogP contribution in [0.4, 0.5) is 10.2 Å². The molecule has 1 atom stereocenters. The molecule has 0 fully saturated rings. The van der Waals surface area contributed by atoms with Crippen LogP contribution in [0.5, 0.6) is 5.75 Å². The van der Waals surface area contributed by atoms with Gasteiger partial charge in [0.25, 0.3) is 5.91 Å². The van der Waals surface area contributed by atoms with Gasteiger partial charge >= 0.3 is 0 Å². The number of furan rings is 1. The number of nitrogens with one attached hydrogen (secondary N) is 1. The van der Waals surface area contributed by atoms with Crippen LogP contribution in [0.2, 0.25) is 10.0 Å². The highest BCUT2D eigenvalue weighted by molar-refractivity contribution is 6.36. The van der Waals surface area contributed by atoms with Crippen molar-refractivity contribution in [3.8, 4) is 16.9 Å². The highest BCUT2D eigenvalue weighted by Crippen LogP contribution is 2.41. The zero-order valence-corrected chi connectivity index (χ0v) is 18.6. The molecule has 4 aromatic rings. The van der Waals surface area contributed by atoms with E-state index in [1.54, 1.807) is 50.7 Å². The number of hydrogen-bond acceptors (Lipinski definition) is 5. The van der Waals surface area contributed by atoms with Crippen molar-refractivity contribution in [2.45, 2.75) is 13.0 Å². The van der Waals surface area contributed by atoms with Crippen molar-refractivity contribution in [3.63, 3.8) is 0 Å². The molecule has 0 unspecified atom stereocenters. The minimum Gasteiger partial charge on any atom is -0.478 e. The Bertz CT molecular complexity index is 1320. The van der Waals surface area contributed by atoms with Crippen LogP contribution in [0.25, 0.3) is 22.1 Å². The lowest BCUT2D eigenvalue weighted by molar-refractivity contribution is 0.0963. The number of aromatic nitrogens is 1. The second-order valence-corrected chi connectivity index (χ2v) is 7.82. The van der Waals surface area contributed by atoms with E-state index in [-0.39, 0.29) is 27.5 Å². The highest BCUT2D eigenvalue weighted by atomic mass is 35.5. The van der Waals surface area contributed by atoms with Gasteiger partial charge in [-0.15, -0.1) is 0 Å². The van der Waals surface area contributed by atoms with Crippen molar-refractivity contribution >= 4 is 45.9 Å². The zero-order chi connectivity index (χ0) is 23.0. The van der Waals surface area contributed by atoms with Crippen LogP contribution >= 0.6 is 23.2 Å². The van der Waals surface area contributed by atoms with E-state index in [0.717, 1.165) is 11.1 Å². The van der Waals surface area contributed by atoms with Gasteiger partial charge in [-0.05, 0) is 36.8 Å². The SMILES string of the molecule is CNC(=O)c1ccc(-c2coc3c(O[C@H](C)c4c(Cl)ccc(F)c4Cl)c(N)ncc23)cc1. The molecule has 0 saturated carbocycles. The monoisotopic (exact) mass is 473 g/mol. The number of benzene rings is 2. The van der Waals surface area contributed by atoms with Crippen LogP contribution in [0, 0.1) is 5.82 Å². The molecule has 0 bridgehead atoms. The van der Waals surface area contributed by atoms with Gasteiger partial charge in [0.2, 0.25) is 5.75 Å².